The van der Waals surface area contributed by atoms with Gasteiger partial charge in [-0.25, -0.2) is 0 Å². The van der Waals surface area contributed by atoms with E-state index >= 15 is 0 Å². The average molecular weight is 332 g/mol. The Morgan fingerprint density at radius 1 is 0.727 bits per heavy atom. The summed E-state index contributed by atoms with van der Waals surface area (Å²) in [5.41, 5.74) is 14.9. The van der Waals surface area contributed by atoms with Crippen LogP contribution >= 0.6 is 24.4 Å². The highest BCUT2D eigenvalue weighted by Gasteiger charge is 1.95. The molecule has 6 heteroatoms. The predicted molar refractivity (Wildman–Crippen MR) is 103 cm³/mol. The van der Waals surface area contributed by atoms with Gasteiger partial charge >= 0.3 is 0 Å². The molecule has 22 heavy (non-hydrogen) atoms. The first-order chi connectivity index (χ1) is 10.4. The van der Waals surface area contributed by atoms with E-state index in [2.05, 4.69) is 10.6 Å². The van der Waals surface area contributed by atoms with Crippen molar-refractivity contribution in [3.63, 3.8) is 0 Å². The normalized spacial score (nSPS) is 9.18. The van der Waals surface area contributed by atoms with Crippen LogP contribution < -0.4 is 22.1 Å². The maximum Gasteiger partial charge on any atom is 0.168 e. The van der Waals surface area contributed by atoms with E-state index < -0.39 is 0 Å². The zero-order chi connectivity index (χ0) is 16.5. The third kappa shape index (κ3) is 6.51. The Balaban J connectivity index is 0.000000220. The number of benzene rings is 2. The third-order valence-corrected chi connectivity index (χ3v) is 3.01. The molecule has 0 saturated heterocycles. The summed E-state index contributed by atoms with van der Waals surface area (Å²) in [5.74, 6) is 0. The molecule has 2 rings (SSSR count). The summed E-state index contributed by atoms with van der Waals surface area (Å²) in [6.45, 7) is 4.00. The molecule has 0 saturated carbocycles. The van der Waals surface area contributed by atoms with E-state index in [1.54, 1.807) is 0 Å². The molecule has 0 aliphatic heterocycles. The average Bonchev–Trinajstić information content (AvgIpc) is 2.44. The number of anilines is 2. The van der Waals surface area contributed by atoms with Crippen molar-refractivity contribution in [1.82, 2.24) is 0 Å². The standard InChI is InChI=1S/2C8H10N2S/c2*1-6-4-2-3-5-7(6)10-8(9)11/h2*2-5H,1H3,(H3,9,10,11). The molecule has 0 aliphatic rings. The molecule has 0 fully saturated rings. The van der Waals surface area contributed by atoms with Gasteiger partial charge in [0.1, 0.15) is 0 Å². The van der Waals surface area contributed by atoms with Gasteiger partial charge < -0.3 is 22.1 Å². The third-order valence-electron chi connectivity index (χ3n) is 2.81. The molecule has 0 heterocycles. The second-order valence-electron chi connectivity index (χ2n) is 4.61. The molecule has 0 atom stereocenters. The number of nitrogens with two attached hydrogens (primary N) is 2. The second-order valence-corrected chi connectivity index (χ2v) is 5.49. The molecule has 4 nitrogen and oxygen atoms in total. The first kappa shape index (κ1) is 17.9. The first-order valence-corrected chi connectivity index (χ1v) is 7.46. The molecular formula is C16H20N4S2. The Morgan fingerprint density at radius 3 is 1.32 bits per heavy atom. The predicted octanol–water partition coefficient (Wildman–Crippen LogP) is 3.30. The molecule has 0 spiro atoms. The first-order valence-electron chi connectivity index (χ1n) is 6.64. The van der Waals surface area contributed by atoms with Gasteiger partial charge in [0.25, 0.3) is 0 Å². The molecule has 0 radical (unpaired) electrons. The Hall–Kier alpha value is -2.18. The molecule has 2 aromatic rings. The van der Waals surface area contributed by atoms with E-state index in [1.807, 2.05) is 62.4 Å². The maximum absolute atomic E-state index is 5.31. The van der Waals surface area contributed by atoms with E-state index in [1.165, 1.54) is 0 Å². The van der Waals surface area contributed by atoms with E-state index in [0.29, 0.717) is 10.2 Å². The van der Waals surface area contributed by atoms with Crippen molar-refractivity contribution in [3.05, 3.63) is 59.7 Å². The van der Waals surface area contributed by atoms with Crippen LogP contribution in [0, 0.1) is 13.8 Å². The summed E-state index contributed by atoms with van der Waals surface area (Å²) in [6.07, 6.45) is 0. The van der Waals surface area contributed by atoms with Crippen molar-refractivity contribution in [2.45, 2.75) is 13.8 Å². The smallest absolute Gasteiger partial charge is 0.168 e. The fourth-order valence-corrected chi connectivity index (χ4v) is 1.91. The van der Waals surface area contributed by atoms with Gasteiger partial charge in [-0.05, 0) is 61.5 Å². The summed E-state index contributed by atoms with van der Waals surface area (Å²) < 4.78 is 0. The van der Waals surface area contributed by atoms with Crippen LogP contribution in [0.4, 0.5) is 11.4 Å². The van der Waals surface area contributed by atoms with Crippen molar-refractivity contribution < 1.29 is 0 Å². The van der Waals surface area contributed by atoms with Crippen molar-refractivity contribution in [2.75, 3.05) is 10.6 Å². The van der Waals surface area contributed by atoms with E-state index in [0.717, 1.165) is 22.5 Å². The number of hydrogen-bond acceptors (Lipinski definition) is 2. The monoisotopic (exact) mass is 332 g/mol. The lowest BCUT2D eigenvalue weighted by atomic mass is 10.2. The topological polar surface area (TPSA) is 76.1 Å². The largest absolute Gasteiger partial charge is 0.376 e. The van der Waals surface area contributed by atoms with Gasteiger partial charge in [0.05, 0.1) is 0 Å². The number of aryl methyl sites for hydroxylation is 2. The molecule has 0 bridgehead atoms. The lowest BCUT2D eigenvalue weighted by molar-refractivity contribution is 1.45. The minimum Gasteiger partial charge on any atom is -0.376 e. The second kappa shape index (κ2) is 8.96. The maximum atomic E-state index is 5.31. The van der Waals surface area contributed by atoms with Crippen LogP contribution in [0.15, 0.2) is 48.5 Å². The molecule has 2 aromatic carbocycles. The van der Waals surface area contributed by atoms with Crippen LogP contribution in [0.25, 0.3) is 0 Å². The van der Waals surface area contributed by atoms with Crippen LogP contribution in [0.2, 0.25) is 0 Å². The summed E-state index contributed by atoms with van der Waals surface area (Å²) in [4.78, 5) is 0. The number of nitrogens with one attached hydrogen (secondary N) is 2. The molecule has 0 aliphatic carbocycles. The number of hydrogen-bond donors (Lipinski definition) is 4. The van der Waals surface area contributed by atoms with Crippen LogP contribution in [0.5, 0.6) is 0 Å². The Kier molecular flexibility index (Phi) is 7.28. The lowest BCUT2D eigenvalue weighted by Gasteiger charge is -2.05. The molecule has 0 unspecified atom stereocenters. The zero-order valence-electron chi connectivity index (χ0n) is 12.6. The summed E-state index contributed by atoms with van der Waals surface area (Å²) in [7, 11) is 0. The van der Waals surface area contributed by atoms with Crippen LogP contribution in [-0.2, 0) is 0 Å². The summed E-state index contributed by atoms with van der Waals surface area (Å²) in [5, 5.41) is 6.37. The minimum atomic E-state index is 0.305. The van der Waals surface area contributed by atoms with Crippen LogP contribution in [0.3, 0.4) is 0 Å². The zero-order valence-corrected chi connectivity index (χ0v) is 14.2. The Bertz CT molecular complexity index is 599. The molecule has 6 N–H and O–H groups in total. The molecule has 0 amide bonds. The highest BCUT2D eigenvalue weighted by molar-refractivity contribution is 7.80. The van der Waals surface area contributed by atoms with E-state index in [4.69, 9.17) is 35.9 Å². The van der Waals surface area contributed by atoms with Crippen LogP contribution in [0.1, 0.15) is 11.1 Å². The van der Waals surface area contributed by atoms with Gasteiger partial charge in [0, 0.05) is 11.4 Å². The number of thiocarbonyl (C=S) groups is 2. The lowest BCUT2D eigenvalue weighted by Crippen LogP contribution is -2.19. The van der Waals surface area contributed by atoms with Gasteiger partial charge in [0.15, 0.2) is 10.2 Å². The van der Waals surface area contributed by atoms with Crippen molar-refractivity contribution in [2.24, 2.45) is 11.5 Å². The Morgan fingerprint density at radius 2 is 1.05 bits per heavy atom. The highest BCUT2D eigenvalue weighted by Crippen LogP contribution is 2.12. The minimum absolute atomic E-state index is 0.305. The van der Waals surface area contributed by atoms with Gasteiger partial charge in [0.2, 0.25) is 0 Å². The summed E-state index contributed by atoms with van der Waals surface area (Å²) >= 11 is 9.41. The van der Waals surface area contributed by atoms with Gasteiger partial charge in [-0.1, -0.05) is 36.4 Å². The quantitative estimate of drug-likeness (QED) is 0.632. The molecular weight excluding hydrogens is 312 g/mol. The van der Waals surface area contributed by atoms with E-state index in [9.17, 15) is 0 Å². The summed E-state index contributed by atoms with van der Waals surface area (Å²) in [6, 6.07) is 15.7. The number of para-hydroxylation sites is 2. The van der Waals surface area contributed by atoms with Crippen molar-refractivity contribution in [3.8, 4) is 0 Å². The van der Waals surface area contributed by atoms with Gasteiger partial charge in [-0.3, -0.25) is 0 Å². The fourth-order valence-electron chi connectivity index (χ4n) is 1.69. The fraction of sp³-hybridized carbons (Fsp3) is 0.125. The van der Waals surface area contributed by atoms with Crippen molar-refractivity contribution >= 4 is 46.0 Å². The van der Waals surface area contributed by atoms with Gasteiger partial charge in [-0.2, -0.15) is 0 Å². The van der Waals surface area contributed by atoms with E-state index in [-0.39, 0.29) is 0 Å². The SMILES string of the molecule is Cc1ccccc1NC(N)=S.Cc1ccccc1NC(N)=S. The van der Waals surface area contributed by atoms with Crippen molar-refractivity contribution in [1.29, 1.82) is 0 Å². The molecule has 116 valence electrons. The number of rotatable bonds is 2. The highest BCUT2D eigenvalue weighted by atomic mass is 32.1. The van der Waals surface area contributed by atoms with Gasteiger partial charge in [-0.15, -0.1) is 0 Å². The van der Waals surface area contributed by atoms with Crippen LogP contribution in [-0.4, -0.2) is 10.2 Å². The molecule has 0 aromatic heterocycles. The Labute approximate surface area is 141 Å².